The normalized spacial score (nSPS) is 10.3. The molecule has 2 rings (SSSR count). The van der Waals surface area contributed by atoms with Crippen molar-refractivity contribution in [2.24, 2.45) is 0 Å². The molecule has 0 saturated heterocycles. The van der Waals surface area contributed by atoms with Crippen LogP contribution in [-0.4, -0.2) is 4.92 Å². The molecule has 0 atom stereocenters. The minimum absolute atomic E-state index is 0.0987. The highest BCUT2D eigenvalue weighted by atomic mass is 127. The molecule has 0 bridgehead atoms. The average molecular weight is 394 g/mol. The summed E-state index contributed by atoms with van der Waals surface area (Å²) in [6, 6.07) is 8.76. The Morgan fingerprint density at radius 3 is 2.68 bits per heavy atom. The van der Waals surface area contributed by atoms with Gasteiger partial charge < -0.3 is 4.74 Å². The fourth-order valence-electron chi connectivity index (χ4n) is 1.40. The van der Waals surface area contributed by atoms with Crippen LogP contribution in [0.2, 0.25) is 5.02 Å². The van der Waals surface area contributed by atoms with E-state index in [4.69, 9.17) is 16.3 Å². The second-order valence-electron chi connectivity index (χ2n) is 3.55. The van der Waals surface area contributed by atoms with Gasteiger partial charge in [0.25, 0.3) is 0 Å². The van der Waals surface area contributed by atoms with Crippen LogP contribution in [0.5, 0.6) is 11.5 Å². The number of nitrogens with zero attached hydrogens (tertiary/aromatic N) is 1. The number of ether oxygens (including phenoxy) is 1. The fraction of sp³-hybridized carbons (Fsp3) is 0. The minimum Gasteiger partial charge on any atom is -0.450 e. The fourth-order valence-corrected chi connectivity index (χ4v) is 2.07. The van der Waals surface area contributed by atoms with Gasteiger partial charge in [-0.1, -0.05) is 17.7 Å². The molecular formula is C12H6ClFINO3. The van der Waals surface area contributed by atoms with Crippen molar-refractivity contribution in [1.82, 2.24) is 0 Å². The molecule has 0 fully saturated rings. The van der Waals surface area contributed by atoms with Gasteiger partial charge in [-0.15, -0.1) is 0 Å². The van der Waals surface area contributed by atoms with Crippen molar-refractivity contribution >= 4 is 39.9 Å². The molecule has 0 aliphatic rings. The maximum Gasteiger partial charge on any atom is 0.314 e. The van der Waals surface area contributed by atoms with Gasteiger partial charge in [0.1, 0.15) is 11.6 Å². The van der Waals surface area contributed by atoms with Gasteiger partial charge in [0.15, 0.2) is 0 Å². The van der Waals surface area contributed by atoms with Crippen LogP contribution < -0.4 is 4.74 Å². The third-order valence-electron chi connectivity index (χ3n) is 2.22. The van der Waals surface area contributed by atoms with Crippen LogP contribution >= 0.6 is 34.2 Å². The maximum atomic E-state index is 13.2. The Morgan fingerprint density at radius 2 is 2.05 bits per heavy atom. The molecular weight excluding hydrogens is 387 g/mol. The molecule has 0 heterocycles. The molecule has 2 aromatic rings. The van der Waals surface area contributed by atoms with Gasteiger partial charge in [-0.3, -0.25) is 10.1 Å². The molecule has 0 aliphatic heterocycles. The molecule has 2 aromatic carbocycles. The summed E-state index contributed by atoms with van der Waals surface area (Å²) in [4.78, 5) is 10.1. The lowest BCUT2D eigenvalue weighted by Crippen LogP contribution is -1.95. The van der Waals surface area contributed by atoms with Crippen molar-refractivity contribution in [3.8, 4) is 11.5 Å². The number of halogens is 3. The van der Waals surface area contributed by atoms with E-state index in [1.165, 1.54) is 0 Å². The van der Waals surface area contributed by atoms with Crippen molar-refractivity contribution in [1.29, 1.82) is 0 Å². The standard InChI is InChI=1S/C12H6ClFINO3/c13-9-5-12(11(16(17)18)6-10(9)14)19-8-3-1-2-7(15)4-8/h1-6H. The predicted molar refractivity (Wildman–Crippen MR) is 77.3 cm³/mol. The Hall–Kier alpha value is -1.41. The van der Waals surface area contributed by atoms with E-state index >= 15 is 0 Å². The van der Waals surface area contributed by atoms with Crippen molar-refractivity contribution in [2.75, 3.05) is 0 Å². The van der Waals surface area contributed by atoms with Crippen LogP contribution in [0.25, 0.3) is 0 Å². The largest absolute Gasteiger partial charge is 0.450 e. The van der Waals surface area contributed by atoms with Crippen LogP contribution in [-0.2, 0) is 0 Å². The minimum atomic E-state index is -0.858. The lowest BCUT2D eigenvalue weighted by molar-refractivity contribution is -0.385. The Kier molecular flexibility index (Phi) is 4.20. The SMILES string of the molecule is O=[N+]([O-])c1cc(F)c(Cl)cc1Oc1cccc(I)c1. The summed E-state index contributed by atoms with van der Waals surface area (Å²) in [5.41, 5.74) is -0.472. The van der Waals surface area contributed by atoms with E-state index in [1.54, 1.807) is 18.2 Å². The van der Waals surface area contributed by atoms with Crippen molar-refractivity contribution in [2.45, 2.75) is 0 Å². The third kappa shape index (κ3) is 3.32. The molecule has 4 nitrogen and oxygen atoms in total. The van der Waals surface area contributed by atoms with Gasteiger partial charge >= 0.3 is 5.69 Å². The van der Waals surface area contributed by atoms with Crippen molar-refractivity contribution in [3.05, 3.63) is 60.9 Å². The molecule has 0 unspecified atom stereocenters. The quantitative estimate of drug-likeness (QED) is 0.428. The van der Waals surface area contributed by atoms with E-state index in [0.29, 0.717) is 5.75 Å². The van der Waals surface area contributed by atoms with E-state index in [-0.39, 0.29) is 10.8 Å². The molecule has 0 amide bonds. The number of hydrogen-bond donors (Lipinski definition) is 0. The van der Waals surface area contributed by atoms with Crippen LogP contribution in [0, 0.1) is 19.5 Å². The van der Waals surface area contributed by atoms with Gasteiger partial charge in [-0.2, -0.15) is 0 Å². The topological polar surface area (TPSA) is 52.4 Å². The van der Waals surface area contributed by atoms with E-state index in [0.717, 1.165) is 15.7 Å². The van der Waals surface area contributed by atoms with Gasteiger partial charge in [0.2, 0.25) is 5.75 Å². The third-order valence-corrected chi connectivity index (χ3v) is 3.18. The average Bonchev–Trinajstić information content (AvgIpc) is 2.33. The molecule has 19 heavy (non-hydrogen) atoms. The number of hydrogen-bond acceptors (Lipinski definition) is 3. The molecule has 0 spiro atoms. The molecule has 0 N–H and O–H groups in total. The lowest BCUT2D eigenvalue weighted by Gasteiger charge is -2.07. The summed E-state index contributed by atoms with van der Waals surface area (Å²) in [7, 11) is 0. The Balaban J connectivity index is 2.44. The number of nitro groups is 1. The summed E-state index contributed by atoms with van der Waals surface area (Å²) in [6.45, 7) is 0. The van der Waals surface area contributed by atoms with Gasteiger partial charge in [-0.05, 0) is 40.8 Å². The first kappa shape index (κ1) is 14.0. The van der Waals surface area contributed by atoms with E-state index in [2.05, 4.69) is 22.6 Å². The Bertz CT molecular complexity index is 651. The van der Waals surface area contributed by atoms with Gasteiger partial charge in [0, 0.05) is 9.64 Å². The Labute approximate surface area is 126 Å². The molecule has 98 valence electrons. The van der Waals surface area contributed by atoms with Gasteiger partial charge in [0.05, 0.1) is 16.0 Å². The highest BCUT2D eigenvalue weighted by Gasteiger charge is 2.19. The molecule has 0 radical (unpaired) electrons. The second kappa shape index (κ2) is 5.70. The maximum absolute atomic E-state index is 13.2. The molecule has 7 heteroatoms. The number of benzene rings is 2. The number of rotatable bonds is 3. The van der Waals surface area contributed by atoms with Crippen molar-refractivity contribution < 1.29 is 14.1 Å². The van der Waals surface area contributed by atoms with Crippen LogP contribution in [0.1, 0.15) is 0 Å². The van der Waals surface area contributed by atoms with Crippen LogP contribution in [0.4, 0.5) is 10.1 Å². The monoisotopic (exact) mass is 393 g/mol. The first-order chi connectivity index (χ1) is 8.97. The summed E-state index contributed by atoms with van der Waals surface area (Å²) in [5.74, 6) is -0.542. The van der Waals surface area contributed by atoms with E-state index in [1.807, 2.05) is 6.07 Å². The van der Waals surface area contributed by atoms with Crippen molar-refractivity contribution in [3.63, 3.8) is 0 Å². The highest BCUT2D eigenvalue weighted by Crippen LogP contribution is 2.35. The highest BCUT2D eigenvalue weighted by molar-refractivity contribution is 14.1. The zero-order chi connectivity index (χ0) is 14.0. The predicted octanol–water partition coefficient (Wildman–Crippen LogP) is 4.78. The summed E-state index contributed by atoms with van der Waals surface area (Å²) < 4.78 is 19.5. The smallest absolute Gasteiger partial charge is 0.314 e. The number of nitro benzene ring substituents is 1. The molecule has 0 aliphatic carbocycles. The van der Waals surface area contributed by atoms with E-state index < -0.39 is 16.4 Å². The summed E-state index contributed by atoms with van der Waals surface area (Å²) in [6.07, 6.45) is 0. The first-order valence-corrected chi connectivity index (χ1v) is 6.50. The zero-order valence-corrected chi connectivity index (χ0v) is 12.2. The van der Waals surface area contributed by atoms with Crippen LogP contribution in [0.15, 0.2) is 36.4 Å². The molecule has 0 aromatic heterocycles. The summed E-state index contributed by atoms with van der Waals surface area (Å²) in [5, 5.41) is 10.6. The molecule has 0 saturated carbocycles. The van der Waals surface area contributed by atoms with Crippen LogP contribution in [0.3, 0.4) is 0 Å². The van der Waals surface area contributed by atoms with Gasteiger partial charge in [-0.25, -0.2) is 4.39 Å². The summed E-state index contributed by atoms with van der Waals surface area (Å²) >= 11 is 7.69. The second-order valence-corrected chi connectivity index (χ2v) is 5.20. The first-order valence-electron chi connectivity index (χ1n) is 5.04. The van der Waals surface area contributed by atoms with E-state index in [9.17, 15) is 14.5 Å². The zero-order valence-electron chi connectivity index (χ0n) is 9.27. The lowest BCUT2D eigenvalue weighted by atomic mass is 10.3. The Morgan fingerprint density at radius 1 is 1.32 bits per heavy atom.